The quantitative estimate of drug-likeness (QED) is 0.894. The van der Waals surface area contributed by atoms with Gasteiger partial charge in [-0.1, -0.05) is 13.8 Å². The zero-order valence-corrected chi connectivity index (χ0v) is 13.2. The molecule has 0 atom stereocenters. The first-order valence-electron chi connectivity index (χ1n) is 6.99. The monoisotopic (exact) mass is 311 g/mol. The fraction of sp³-hybridized carbons (Fsp3) is 0.467. The zero-order valence-electron chi connectivity index (χ0n) is 12.4. The van der Waals surface area contributed by atoms with Crippen molar-refractivity contribution >= 4 is 29.9 Å². The molecular weight excluding hydrogens is 290 g/mol. The van der Waals surface area contributed by atoms with E-state index in [0.29, 0.717) is 5.56 Å². The molecule has 0 aliphatic carbocycles. The number of hydrogen-bond acceptors (Lipinski definition) is 3. The smallest absolute Gasteiger partial charge is 0.253 e. The summed E-state index contributed by atoms with van der Waals surface area (Å²) in [7, 11) is 0. The maximum atomic E-state index is 12.3. The number of nitrogens with zero attached hydrogens (tertiary/aromatic N) is 1. The number of carbonyl (C=O) groups excluding carboxylic acids is 2. The average Bonchev–Trinajstić information content (AvgIpc) is 2.48. The number of anilines is 1. The minimum absolute atomic E-state index is 0. The summed E-state index contributed by atoms with van der Waals surface area (Å²) in [5.41, 5.74) is 1.38. The van der Waals surface area contributed by atoms with Crippen molar-refractivity contribution in [1.29, 1.82) is 0 Å². The second-order valence-corrected chi connectivity index (χ2v) is 5.26. The van der Waals surface area contributed by atoms with Gasteiger partial charge in [0.15, 0.2) is 0 Å². The van der Waals surface area contributed by atoms with Crippen molar-refractivity contribution in [3.63, 3.8) is 0 Å². The molecule has 1 aromatic rings. The highest BCUT2D eigenvalue weighted by Crippen LogP contribution is 2.13. The molecule has 0 saturated carbocycles. The summed E-state index contributed by atoms with van der Waals surface area (Å²) in [6.45, 7) is 6.85. The number of piperazine rings is 1. The molecule has 2 N–H and O–H groups in total. The Labute approximate surface area is 131 Å². The molecule has 1 saturated heterocycles. The number of nitrogens with one attached hydrogen (secondary N) is 2. The molecule has 0 bridgehead atoms. The summed E-state index contributed by atoms with van der Waals surface area (Å²) in [6.07, 6.45) is 0. The van der Waals surface area contributed by atoms with Crippen molar-refractivity contribution in [2.45, 2.75) is 13.8 Å². The van der Waals surface area contributed by atoms with Crippen LogP contribution in [-0.2, 0) is 4.79 Å². The maximum absolute atomic E-state index is 12.3. The van der Waals surface area contributed by atoms with Gasteiger partial charge in [0.1, 0.15) is 0 Å². The van der Waals surface area contributed by atoms with E-state index in [1.54, 1.807) is 24.3 Å². The SMILES string of the molecule is CC(C)C(=O)Nc1ccc(C(=O)N2CCNCC2)cc1.Cl. The van der Waals surface area contributed by atoms with E-state index in [-0.39, 0.29) is 30.1 Å². The molecule has 6 heteroatoms. The molecule has 0 aromatic heterocycles. The van der Waals surface area contributed by atoms with E-state index >= 15 is 0 Å². The van der Waals surface area contributed by atoms with Crippen molar-refractivity contribution in [3.8, 4) is 0 Å². The maximum Gasteiger partial charge on any atom is 0.253 e. The zero-order chi connectivity index (χ0) is 14.5. The standard InChI is InChI=1S/C15H21N3O2.ClH/c1-11(2)14(19)17-13-5-3-12(4-6-13)15(20)18-9-7-16-8-10-18;/h3-6,11,16H,7-10H2,1-2H3,(H,17,19);1H. The molecule has 0 spiro atoms. The molecule has 0 radical (unpaired) electrons. The first-order valence-corrected chi connectivity index (χ1v) is 6.99. The second-order valence-electron chi connectivity index (χ2n) is 5.26. The van der Waals surface area contributed by atoms with Gasteiger partial charge < -0.3 is 15.5 Å². The lowest BCUT2D eigenvalue weighted by atomic mass is 10.1. The van der Waals surface area contributed by atoms with Crippen LogP contribution in [0, 0.1) is 5.92 Å². The van der Waals surface area contributed by atoms with Gasteiger partial charge >= 0.3 is 0 Å². The average molecular weight is 312 g/mol. The van der Waals surface area contributed by atoms with Gasteiger partial charge in [0, 0.05) is 43.3 Å². The number of hydrogen-bond donors (Lipinski definition) is 2. The Balaban J connectivity index is 0.00000220. The van der Waals surface area contributed by atoms with Crippen LogP contribution in [0.3, 0.4) is 0 Å². The van der Waals surface area contributed by atoms with Crippen LogP contribution < -0.4 is 10.6 Å². The van der Waals surface area contributed by atoms with Crippen molar-refractivity contribution in [2.75, 3.05) is 31.5 Å². The highest BCUT2D eigenvalue weighted by Gasteiger charge is 2.17. The summed E-state index contributed by atoms with van der Waals surface area (Å²) < 4.78 is 0. The van der Waals surface area contributed by atoms with E-state index in [0.717, 1.165) is 31.9 Å². The van der Waals surface area contributed by atoms with Crippen molar-refractivity contribution in [2.24, 2.45) is 5.92 Å². The van der Waals surface area contributed by atoms with Crippen molar-refractivity contribution in [1.82, 2.24) is 10.2 Å². The van der Waals surface area contributed by atoms with Crippen LogP contribution in [0.2, 0.25) is 0 Å². The summed E-state index contributed by atoms with van der Waals surface area (Å²) in [4.78, 5) is 25.7. The van der Waals surface area contributed by atoms with Crippen molar-refractivity contribution in [3.05, 3.63) is 29.8 Å². The normalized spacial score (nSPS) is 14.5. The van der Waals surface area contributed by atoms with Crippen LogP contribution in [0.25, 0.3) is 0 Å². The Morgan fingerprint density at radius 3 is 2.24 bits per heavy atom. The van der Waals surface area contributed by atoms with Gasteiger partial charge in [-0.25, -0.2) is 0 Å². The predicted octanol–water partition coefficient (Wildman–Crippen LogP) is 1.75. The molecule has 1 aromatic carbocycles. The highest BCUT2D eigenvalue weighted by molar-refractivity contribution is 5.96. The Morgan fingerprint density at radius 1 is 1.14 bits per heavy atom. The molecule has 116 valence electrons. The van der Waals surface area contributed by atoms with E-state index < -0.39 is 0 Å². The second kappa shape index (κ2) is 8.00. The minimum atomic E-state index is -0.0582. The third kappa shape index (κ3) is 4.72. The minimum Gasteiger partial charge on any atom is -0.336 e. The molecule has 1 aliphatic heterocycles. The van der Waals surface area contributed by atoms with Gasteiger partial charge in [-0.05, 0) is 24.3 Å². The summed E-state index contributed by atoms with van der Waals surface area (Å²) in [6, 6.07) is 7.08. The molecule has 5 nitrogen and oxygen atoms in total. The highest BCUT2D eigenvalue weighted by atomic mass is 35.5. The predicted molar refractivity (Wildman–Crippen MR) is 85.9 cm³/mol. The lowest BCUT2D eigenvalue weighted by Crippen LogP contribution is -2.46. The van der Waals surface area contributed by atoms with Crippen LogP contribution in [0.1, 0.15) is 24.2 Å². The molecule has 2 amide bonds. The van der Waals surface area contributed by atoms with Gasteiger partial charge in [-0.3, -0.25) is 9.59 Å². The molecule has 21 heavy (non-hydrogen) atoms. The van der Waals surface area contributed by atoms with Crippen LogP contribution in [0.4, 0.5) is 5.69 Å². The lowest BCUT2D eigenvalue weighted by molar-refractivity contribution is -0.118. The van der Waals surface area contributed by atoms with Crippen LogP contribution in [-0.4, -0.2) is 42.9 Å². The van der Waals surface area contributed by atoms with E-state index in [9.17, 15) is 9.59 Å². The number of amides is 2. The summed E-state index contributed by atoms with van der Waals surface area (Å²) >= 11 is 0. The Kier molecular flexibility index (Phi) is 6.65. The van der Waals surface area contributed by atoms with Gasteiger partial charge in [0.2, 0.25) is 5.91 Å². The topological polar surface area (TPSA) is 61.4 Å². The van der Waals surface area contributed by atoms with Crippen LogP contribution >= 0.6 is 12.4 Å². The van der Waals surface area contributed by atoms with E-state index in [1.807, 2.05) is 18.7 Å². The summed E-state index contributed by atoms with van der Waals surface area (Å²) in [5.74, 6) is -0.0309. The molecule has 0 unspecified atom stereocenters. The van der Waals surface area contributed by atoms with Crippen molar-refractivity contribution < 1.29 is 9.59 Å². The van der Waals surface area contributed by atoms with Gasteiger partial charge in [0.05, 0.1) is 0 Å². The molecular formula is C15H22ClN3O2. The number of carbonyl (C=O) groups is 2. The lowest BCUT2D eigenvalue weighted by Gasteiger charge is -2.27. The van der Waals surface area contributed by atoms with E-state index in [4.69, 9.17) is 0 Å². The Hall–Kier alpha value is -1.59. The molecule has 1 fully saturated rings. The van der Waals surface area contributed by atoms with Gasteiger partial charge in [0.25, 0.3) is 5.91 Å². The Bertz CT molecular complexity index is 482. The third-order valence-electron chi connectivity index (χ3n) is 3.33. The van der Waals surface area contributed by atoms with Gasteiger partial charge in [-0.15, -0.1) is 12.4 Å². The fourth-order valence-corrected chi connectivity index (χ4v) is 2.03. The third-order valence-corrected chi connectivity index (χ3v) is 3.33. The number of halogens is 1. The summed E-state index contributed by atoms with van der Waals surface area (Å²) in [5, 5.41) is 6.03. The first kappa shape index (κ1) is 17.5. The Morgan fingerprint density at radius 2 is 1.71 bits per heavy atom. The number of benzene rings is 1. The first-order chi connectivity index (χ1) is 9.58. The molecule has 1 aliphatic rings. The van der Waals surface area contributed by atoms with Crippen LogP contribution in [0.5, 0.6) is 0 Å². The van der Waals surface area contributed by atoms with Crippen LogP contribution in [0.15, 0.2) is 24.3 Å². The molecule has 1 heterocycles. The fourth-order valence-electron chi connectivity index (χ4n) is 2.03. The largest absolute Gasteiger partial charge is 0.336 e. The van der Waals surface area contributed by atoms with E-state index in [2.05, 4.69) is 10.6 Å². The van der Waals surface area contributed by atoms with E-state index in [1.165, 1.54) is 0 Å². The number of rotatable bonds is 3. The molecule has 2 rings (SSSR count). The van der Waals surface area contributed by atoms with Gasteiger partial charge in [-0.2, -0.15) is 0 Å².